The Kier molecular flexibility index (Phi) is 2.97. The smallest absolute Gasteiger partial charge is 0.0807 e. The molecular weight excluding hydrogens is 148 g/mol. The Morgan fingerprint density at radius 1 is 1.67 bits per heavy atom. The summed E-state index contributed by atoms with van der Waals surface area (Å²) >= 11 is 0. The molecule has 0 radical (unpaired) electrons. The molecule has 0 aliphatic heterocycles. The molecule has 1 aromatic heterocycles. The minimum absolute atomic E-state index is 0.562. The van der Waals surface area contributed by atoms with Gasteiger partial charge in [-0.2, -0.15) is 0 Å². The first kappa shape index (κ1) is 8.91. The maximum absolute atomic E-state index is 7.05. The van der Waals surface area contributed by atoms with Crippen LogP contribution in [-0.4, -0.2) is 11.2 Å². The van der Waals surface area contributed by atoms with Crippen LogP contribution >= 0.6 is 0 Å². The average Bonchev–Trinajstić information content (AvgIpc) is 2.17. The van der Waals surface area contributed by atoms with Gasteiger partial charge in [-0.3, -0.25) is 4.98 Å². The van der Waals surface area contributed by atoms with E-state index in [1.807, 2.05) is 12.1 Å². The summed E-state index contributed by atoms with van der Waals surface area (Å²) in [5.74, 6) is 0.562. The van der Waals surface area contributed by atoms with E-state index < -0.39 is 0 Å². The molecule has 1 heterocycles. The van der Waals surface area contributed by atoms with Crippen molar-refractivity contribution in [3.63, 3.8) is 0 Å². The molecule has 0 amide bonds. The maximum atomic E-state index is 7.05. The summed E-state index contributed by atoms with van der Waals surface area (Å²) in [7, 11) is 0. The van der Waals surface area contributed by atoms with Crippen molar-refractivity contribution < 1.29 is 0 Å². The molecule has 0 spiro atoms. The third-order valence-corrected chi connectivity index (χ3v) is 2.13. The topological polar surface area (TPSA) is 36.7 Å². The second-order valence-corrected chi connectivity index (χ2v) is 2.97. The van der Waals surface area contributed by atoms with E-state index in [4.69, 9.17) is 5.41 Å². The maximum Gasteiger partial charge on any atom is 0.0807 e. The van der Waals surface area contributed by atoms with E-state index in [9.17, 15) is 0 Å². The van der Waals surface area contributed by atoms with Gasteiger partial charge in [0, 0.05) is 12.4 Å². The lowest BCUT2D eigenvalue weighted by molar-refractivity contribution is 0.732. The minimum atomic E-state index is 0.562. The lowest BCUT2D eigenvalue weighted by atomic mass is 9.99. The number of aromatic nitrogens is 1. The lowest BCUT2D eigenvalue weighted by Gasteiger charge is -2.08. The van der Waals surface area contributed by atoms with Gasteiger partial charge in [0.2, 0.25) is 0 Å². The van der Waals surface area contributed by atoms with E-state index in [2.05, 4.69) is 18.8 Å². The van der Waals surface area contributed by atoms with Crippen molar-refractivity contribution in [3.8, 4) is 0 Å². The summed E-state index contributed by atoms with van der Waals surface area (Å²) < 4.78 is 0. The fourth-order valence-corrected chi connectivity index (χ4v) is 1.09. The van der Waals surface area contributed by atoms with Gasteiger partial charge in [0.05, 0.1) is 5.69 Å². The molecule has 0 saturated heterocycles. The number of nitrogens with one attached hydrogen (secondary N) is 1. The molecule has 1 rings (SSSR count). The van der Waals surface area contributed by atoms with Crippen molar-refractivity contribution in [1.82, 2.24) is 4.98 Å². The molecule has 0 aromatic carbocycles. The van der Waals surface area contributed by atoms with Crippen molar-refractivity contribution in [2.45, 2.75) is 26.2 Å². The summed E-state index contributed by atoms with van der Waals surface area (Å²) in [5.41, 5.74) is 2.01. The third-order valence-electron chi connectivity index (χ3n) is 2.13. The van der Waals surface area contributed by atoms with Crippen LogP contribution in [0, 0.1) is 5.41 Å². The van der Waals surface area contributed by atoms with Crippen molar-refractivity contribution in [1.29, 1.82) is 5.41 Å². The van der Waals surface area contributed by atoms with Crippen LogP contribution in [0.3, 0.4) is 0 Å². The Hall–Kier alpha value is -1.18. The first-order valence-electron chi connectivity index (χ1n) is 4.24. The van der Waals surface area contributed by atoms with Crippen molar-refractivity contribution >= 4 is 6.21 Å². The van der Waals surface area contributed by atoms with Crippen LogP contribution in [0.2, 0.25) is 0 Å². The van der Waals surface area contributed by atoms with Crippen molar-refractivity contribution in [2.75, 3.05) is 0 Å². The largest absolute Gasteiger partial charge is 0.307 e. The Morgan fingerprint density at radius 3 is 3.00 bits per heavy atom. The fourth-order valence-electron chi connectivity index (χ4n) is 1.09. The highest BCUT2D eigenvalue weighted by molar-refractivity contribution is 5.74. The number of nitrogens with zero attached hydrogens (tertiary/aromatic N) is 1. The molecule has 1 atom stereocenters. The monoisotopic (exact) mass is 162 g/mol. The van der Waals surface area contributed by atoms with E-state index in [1.165, 1.54) is 11.8 Å². The Balaban J connectivity index is 2.93. The highest BCUT2D eigenvalue weighted by atomic mass is 14.7. The lowest BCUT2D eigenvalue weighted by Crippen LogP contribution is -1.94. The van der Waals surface area contributed by atoms with Crippen molar-refractivity contribution in [2.24, 2.45) is 0 Å². The Labute approximate surface area is 73.2 Å². The second kappa shape index (κ2) is 4.00. The predicted octanol–water partition coefficient (Wildman–Crippen LogP) is 2.59. The van der Waals surface area contributed by atoms with Crippen LogP contribution < -0.4 is 0 Å². The summed E-state index contributed by atoms with van der Waals surface area (Å²) in [4.78, 5) is 4.03. The van der Waals surface area contributed by atoms with Gasteiger partial charge in [-0.1, -0.05) is 13.8 Å². The van der Waals surface area contributed by atoms with Gasteiger partial charge in [-0.05, 0) is 30.0 Å². The molecule has 12 heavy (non-hydrogen) atoms. The molecule has 0 aliphatic carbocycles. The van der Waals surface area contributed by atoms with Crippen molar-refractivity contribution in [3.05, 3.63) is 29.6 Å². The number of hydrogen-bond donors (Lipinski definition) is 1. The number of rotatable bonds is 3. The van der Waals surface area contributed by atoms with E-state index in [0.29, 0.717) is 5.92 Å². The Bertz CT molecular complexity index is 268. The normalized spacial score (nSPS) is 12.5. The molecule has 0 fully saturated rings. The molecule has 1 N–H and O–H groups in total. The van der Waals surface area contributed by atoms with E-state index in [-0.39, 0.29) is 0 Å². The molecule has 0 aliphatic rings. The van der Waals surface area contributed by atoms with Gasteiger partial charge in [0.25, 0.3) is 0 Å². The third kappa shape index (κ3) is 1.91. The highest BCUT2D eigenvalue weighted by Crippen LogP contribution is 2.17. The molecule has 0 saturated carbocycles. The molecule has 1 unspecified atom stereocenters. The van der Waals surface area contributed by atoms with Gasteiger partial charge >= 0.3 is 0 Å². The molecule has 0 bridgehead atoms. The zero-order valence-corrected chi connectivity index (χ0v) is 7.54. The molecular formula is C10H14N2. The number of pyridine rings is 1. The minimum Gasteiger partial charge on any atom is -0.307 e. The summed E-state index contributed by atoms with van der Waals surface area (Å²) in [6.07, 6.45) is 4.18. The first-order valence-corrected chi connectivity index (χ1v) is 4.24. The van der Waals surface area contributed by atoms with Crippen LogP contribution in [0.5, 0.6) is 0 Å². The summed E-state index contributed by atoms with van der Waals surface area (Å²) in [5, 5.41) is 7.05. The van der Waals surface area contributed by atoms with Gasteiger partial charge in [-0.25, -0.2) is 0 Å². The van der Waals surface area contributed by atoms with Crippen LogP contribution in [0.4, 0.5) is 0 Å². The Morgan fingerprint density at radius 2 is 2.42 bits per heavy atom. The summed E-state index contributed by atoms with van der Waals surface area (Å²) in [6, 6.07) is 3.99. The molecule has 1 aromatic rings. The second-order valence-electron chi connectivity index (χ2n) is 2.97. The predicted molar refractivity (Wildman–Crippen MR) is 50.8 cm³/mol. The van der Waals surface area contributed by atoms with Gasteiger partial charge in [-0.15, -0.1) is 0 Å². The molecule has 64 valence electrons. The number of hydrogen-bond acceptors (Lipinski definition) is 2. The standard InChI is InChI=1S/C10H14N2/c1-3-8(2)9-4-5-12-10(6-9)7-11/h4-8,11H,3H2,1-2H3. The highest BCUT2D eigenvalue weighted by Gasteiger charge is 2.02. The van der Waals surface area contributed by atoms with E-state index in [0.717, 1.165) is 12.1 Å². The van der Waals surface area contributed by atoms with E-state index in [1.54, 1.807) is 6.20 Å². The van der Waals surface area contributed by atoms with Crippen LogP contribution in [0.1, 0.15) is 37.4 Å². The van der Waals surface area contributed by atoms with Crippen LogP contribution in [-0.2, 0) is 0 Å². The molecule has 2 heteroatoms. The molecule has 2 nitrogen and oxygen atoms in total. The van der Waals surface area contributed by atoms with E-state index >= 15 is 0 Å². The zero-order chi connectivity index (χ0) is 8.97. The zero-order valence-electron chi connectivity index (χ0n) is 7.54. The SMILES string of the molecule is CCC(C)c1ccnc(C=N)c1. The quantitative estimate of drug-likeness (QED) is 0.681. The van der Waals surface area contributed by atoms with Crippen LogP contribution in [0.25, 0.3) is 0 Å². The van der Waals surface area contributed by atoms with Gasteiger partial charge < -0.3 is 5.41 Å². The summed E-state index contributed by atoms with van der Waals surface area (Å²) in [6.45, 7) is 4.35. The fraction of sp³-hybridized carbons (Fsp3) is 0.400. The van der Waals surface area contributed by atoms with Gasteiger partial charge in [0.15, 0.2) is 0 Å². The average molecular weight is 162 g/mol. The van der Waals surface area contributed by atoms with Crippen LogP contribution in [0.15, 0.2) is 18.3 Å². The first-order chi connectivity index (χ1) is 5.77. The van der Waals surface area contributed by atoms with Gasteiger partial charge in [0.1, 0.15) is 0 Å².